The van der Waals surface area contributed by atoms with Gasteiger partial charge in [0, 0.05) is 11.1 Å². The molecule has 55 heavy (non-hydrogen) atoms. The molecule has 0 aliphatic heterocycles. The fourth-order valence-corrected chi connectivity index (χ4v) is 6.76. The topological polar surface area (TPSA) is 127 Å². The van der Waals surface area contributed by atoms with Crippen molar-refractivity contribution in [2.24, 2.45) is 0 Å². The standard InChI is InChI=1S/2C23H18NO3.Cu/c2*1-27-19-14-8-7-13-18(19)24-21(15-9-3-2-4-10-15)20-22(25)16-11-5-6-12-17(16)23(20)26;/h2*2-14,21H,1H3,(H,25,26);/q2*-1;+2/p+2. The number of nitrogens with zero attached hydrogens (tertiary/aromatic N) is 2. The number of Topliss-reactive ketones (excluding diaryl/α,β-unsaturated/α-hetero) is 2. The van der Waals surface area contributed by atoms with Gasteiger partial charge in [0.1, 0.15) is 11.5 Å². The maximum atomic E-state index is 13.1. The summed E-state index contributed by atoms with van der Waals surface area (Å²) in [6.07, 6.45) is 0. The Morgan fingerprint density at radius 3 is 1.09 bits per heavy atom. The number of ether oxygens (including phenoxy) is 2. The summed E-state index contributed by atoms with van der Waals surface area (Å²) in [6.45, 7) is 0. The van der Waals surface area contributed by atoms with Gasteiger partial charge in [0.2, 0.25) is 0 Å². The van der Waals surface area contributed by atoms with E-state index >= 15 is 0 Å². The van der Waals surface area contributed by atoms with Crippen LogP contribution >= 0.6 is 0 Å². The number of carbonyl (C=O) groups is 2. The second kappa shape index (κ2) is 17.1. The minimum Gasteiger partial charge on any atom is -0.671 e. The van der Waals surface area contributed by atoms with Gasteiger partial charge >= 0.3 is 17.1 Å². The monoisotopic (exact) mass is 777 g/mol. The minimum atomic E-state index is -0.574. The van der Waals surface area contributed by atoms with Gasteiger partial charge in [-0.05, 0) is 24.3 Å². The maximum absolute atomic E-state index is 13.1. The van der Waals surface area contributed by atoms with Crippen molar-refractivity contribution in [2.75, 3.05) is 14.2 Å². The molecule has 0 bridgehead atoms. The molecule has 4 N–H and O–H groups in total. The van der Waals surface area contributed by atoms with Gasteiger partial charge in [-0.25, -0.2) is 0 Å². The largest absolute Gasteiger partial charge is 2.00 e. The fourth-order valence-electron chi connectivity index (χ4n) is 6.76. The summed E-state index contributed by atoms with van der Waals surface area (Å²) in [5, 5.41) is 26.9. The number of hydrogen-bond acceptors (Lipinski definition) is 4. The maximum Gasteiger partial charge on any atom is 2.00 e. The molecular weight excluding hydrogens is 740 g/mol. The molecule has 0 saturated carbocycles. The van der Waals surface area contributed by atoms with E-state index < -0.39 is 12.1 Å². The molecule has 0 fully saturated rings. The molecule has 8 nitrogen and oxygen atoms in total. The summed E-state index contributed by atoms with van der Waals surface area (Å²) in [4.78, 5) is 26.2. The quantitative estimate of drug-likeness (QED) is 0.101. The van der Waals surface area contributed by atoms with Crippen molar-refractivity contribution in [3.8, 4) is 11.5 Å². The molecule has 2 aliphatic carbocycles. The van der Waals surface area contributed by atoms with Crippen LogP contribution < -0.4 is 9.47 Å². The average molecular weight is 778 g/mol. The van der Waals surface area contributed by atoms with E-state index in [1.165, 1.54) is 0 Å². The van der Waals surface area contributed by atoms with Crippen molar-refractivity contribution in [1.29, 1.82) is 0 Å². The van der Waals surface area contributed by atoms with Gasteiger partial charge in [-0.1, -0.05) is 168 Å². The van der Waals surface area contributed by atoms with E-state index in [9.17, 15) is 9.59 Å². The first-order valence-corrected chi connectivity index (χ1v) is 17.4. The predicted molar refractivity (Wildman–Crippen MR) is 213 cm³/mol. The van der Waals surface area contributed by atoms with Gasteiger partial charge in [-0.3, -0.25) is 9.59 Å². The molecule has 1 radical (unpaired) electrons. The van der Waals surface area contributed by atoms with Gasteiger partial charge in [0.05, 0.1) is 36.5 Å². The Morgan fingerprint density at radius 1 is 0.436 bits per heavy atom. The molecule has 0 aromatic heterocycles. The van der Waals surface area contributed by atoms with Crippen molar-refractivity contribution in [3.63, 3.8) is 0 Å². The Morgan fingerprint density at radius 2 is 0.745 bits per heavy atom. The van der Waals surface area contributed by atoms with Crippen molar-refractivity contribution in [1.82, 2.24) is 0 Å². The predicted octanol–water partition coefficient (Wildman–Crippen LogP) is 9.55. The Hall–Kier alpha value is -6.54. The summed E-state index contributed by atoms with van der Waals surface area (Å²) in [5.74, 6) is 1.47. The first-order chi connectivity index (χ1) is 26.4. The third-order valence-electron chi connectivity index (χ3n) is 9.39. The summed E-state index contributed by atoms with van der Waals surface area (Å²) in [7, 11) is 3.19. The number of rotatable bonds is 10. The Labute approximate surface area is 330 Å². The minimum absolute atomic E-state index is 0. The number of carbonyl (C=O) groups excluding carboxylic acids is 2. The molecule has 8 rings (SSSR count). The molecule has 0 heterocycles. The van der Waals surface area contributed by atoms with Crippen molar-refractivity contribution < 1.29 is 46.3 Å². The van der Waals surface area contributed by atoms with E-state index in [-0.39, 0.29) is 40.2 Å². The molecule has 0 amide bonds. The van der Waals surface area contributed by atoms with E-state index in [1.807, 2.05) is 146 Å². The number of methoxy groups -OCH3 is 2. The van der Waals surface area contributed by atoms with Gasteiger partial charge in [0.25, 0.3) is 11.5 Å². The zero-order chi connectivity index (χ0) is 37.6. The molecule has 0 spiro atoms. The van der Waals surface area contributed by atoms with Gasteiger partial charge in [0.15, 0.2) is 11.6 Å². The van der Waals surface area contributed by atoms with Gasteiger partial charge in [-0.2, -0.15) is 0 Å². The van der Waals surface area contributed by atoms with Crippen molar-refractivity contribution in [3.05, 3.63) is 213 Å². The van der Waals surface area contributed by atoms with E-state index in [1.54, 1.807) is 26.4 Å². The van der Waals surface area contributed by atoms with E-state index in [4.69, 9.17) is 30.3 Å². The van der Waals surface area contributed by atoms with Crippen LogP contribution in [-0.4, -0.2) is 36.0 Å². The van der Waals surface area contributed by atoms with Gasteiger partial charge < -0.3 is 30.3 Å². The first-order valence-electron chi connectivity index (χ1n) is 17.4. The summed E-state index contributed by atoms with van der Waals surface area (Å²) >= 11 is 0. The molecule has 2 unspecified atom stereocenters. The Balaban J connectivity index is 0.000000184. The Bertz CT molecular complexity index is 2220. The van der Waals surface area contributed by atoms with Crippen molar-refractivity contribution in [2.45, 2.75) is 12.1 Å². The zero-order valence-corrected chi connectivity index (χ0v) is 30.9. The molecule has 6 aromatic rings. The molecule has 0 saturated heterocycles. The Kier molecular flexibility index (Phi) is 11.9. The molecule has 2 aliphatic rings. The molecular formula is C46H38CuN2O6+2. The summed E-state index contributed by atoms with van der Waals surface area (Å²) < 4.78 is 10.8. The first kappa shape index (κ1) is 38.2. The third kappa shape index (κ3) is 7.62. The number of benzene rings is 6. The van der Waals surface area contributed by atoms with Crippen LogP contribution in [0.2, 0.25) is 0 Å². The van der Waals surface area contributed by atoms with E-state index in [0.717, 1.165) is 11.1 Å². The van der Waals surface area contributed by atoms with Crippen LogP contribution in [-0.2, 0) is 17.1 Å². The second-order valence-electron chi connectivity index (χ2n) is 12.6. The van der Waals surface area contributed by atoms with E-state index in [2.05, 4.69) is 0 Å². The third-order valence-corrected chi connectivity index (χ3v) is 9.39. The summed E-state index contributed by atoms with van der Waals surface area (Å²) in [5.41, 5.74) is 6.27. The van der Waals surface area contributed by atoms with Crippen LogP contribution in [0.1, 0.15) is 55.1 Å². The fraction of sp³-hybridized carbons (Fsp3) is 0.0870. The van der Waals surface area contributed by atoms with Crippen LogP contribution in [0.3, 0.4) is 0 Å². The SMILES string of the molecule is COc1ccccc1[N-]C(C1=C([OH2+])c2ccccc2C1=O)c1ccccc1.COc1ccccc1[N-]C(C1=C([OH2+])c2ccccc2C1=O)c1ccccc1.[Cu+2]. The van der Waals surface area contributed by atoms with Crippen molar-refractivity contribution >= 4 is 34.5 Å². The van der Waals surface area contributed by atoms with Gasteiger partial charge in [-0.15, -0.1) is 0 Å². The second-order valence-corrected chi connectivity index (χ2v) is 12.6. The number of ketones is 2. The molecule has 9 heteroatoms. The van der Waals surface area contributed by atoms with E-state index in [0.29, 0.717) is 56.3 Å². The zero-order valence-electron chi connectivity index (χ0n) is 30.0. The smallest absolute Gasteiger partial charge is 0.671 e. The molecule has 277 valence electrons. The number of hydrogen-bond donors (Lipinski definition) is 0. The van der Waals surface area contributed by atoms with Crippen LogP contribution in [0.4, 0.5) is 11.4 Å². The van der Waals surface area contributed by atoms with Crippen LogP contribution in [0.5, 0.6) is 11.5 Å². The number of para-hydroxylation sites is 4. The van der Waals surface area contributed by atoms with Crippen LogP contribution in [0.15, 0.2) is 169 Å². The number of fused-ring (bicyclic) bond motifs is 2. The normalized spacial score (nSPS) is 13.8. The average Bonchev–Trinajstić information content (AvgIpc) is 3.63. The van der Waals surface area contributed by atoms with Crippen LogP contribution in [0, 0.1) is 0 Å². The molecule has 2 atom stereocenters. The van der Waals surface area contributed by atoms with Crippen LogP contribution in [0.25, 0.3) is 22.2 Å². The summed E-state index contributed by atoms with van der Waals surface area (Å²) in [6, 6.07) is 47.5. The molecule has 6 aromatic carbocycles.